The van der Waals surface area contributed by atoms with Crippen molar-refractivity contribution in [2.45, 2.75) is 31.1 Å². The monoisotopic (exact) mass is 195 g/mol. The van der Waals surface area contributed by atoms with E-state index in [4.69, 9.17) is 0 Å². The Bertz CT molecular complexity index is 248. The summed E-state index contributed by atoms with van der Waals surface area (Å²) in [4.78, 5) is 1.46. The largest absolute Gasteiger partial charge is 0.154 e. The predicted octanol–water partition coefficient (Wildman–Crippen LogP) is 3.44. The van der Waals surface area contributed by atoms with E-state index in [9.17, 15) is 0 Å². The third-order valence-electron chi connectivity index (χ3n) is 2.53. The molecule has 0 saturated heterocycles. The summed E-state index contributed by atoms with van der Waals surface area (Å²) in [6.45, 7) is 4.52. The topological polar surface area (TPSA) is 0 Å². The van der Waals surface area contributed by atoms with Crippen LogP contribution in [0.4, 0.5) is 0 Å². The van der Waals surface area contributed by atoms with Crippen molar-refractivity contribution >= 4 is 10.9 Å². The second-order valence-electron chi connectivity index (χ2n) is 3.69. The summed E-state index contributed by atoms with van der Waals surface area (Å²) in [6, 6.07) is 9.09. The van der Waals surface area contributed by atoms with Crippen LogP contribution in [0.3, 0.4) is 0 Å². The summed E-state index contributed by atoms with van der Waals surface area (Å²) in [6.07, 6.45) is 5.75. The minimum Gasteiger partial charge on any atom is -0.0648 e. The lowest BCUT2D eigenvalue weighted by molar-refractivity contribution is 0.733. The molecule has 1 atom stereocenters. The molecule has 0 N–H and O–H groups in total. The van der Waals surface area contributed by atoms with Crippen LogP contribution in [-0.4, -0.2) is 12.5 Å². The quantitative estimate of drug-likeness (QED) is 0.648. The van der Waals surface area contributed by atoms with Crippen molar-refractivity contribution in [2.75, 3.05) is 12.5 Å². The standard InChI is InChI=1S/C12H19S/c1-5-10(2)11-6-8-12(9-7-11)13(3)4/h6-10H,5H2,1-4H3/q+1. The fourth-order valence-electron chi connectivity index (χ4n) is 1.30. The van der Waals surface area contributed by atoms with Gasteiger partial charge in [-0.25, -0.2) is 0 Å². The Kier molecular flexibility index (Phi) is 3.86. The lowest BCUT2D eigenvalue weighted by Gasteiger charge is -2.08. The van der Waals surface area contributed by atoms with Gasteiger partial charge >= 0.3 is 0 Å². The van der Waals surface area contributed by atoms with Gasteiger partial charge in [0.25, 0.3) is 0 Å². The van der Waals surface area contributed by atoms with Crippen LogP contribution in [0.15, 0.2) is 29.2 Å². The zero-order valence-electron chi connectivity index (χ0n) is 9.00. The van der Waals surface area contributed by atoms with Crippen LogP contribution in [0.5, 0.6) is 0 Å². The van der Waals surface area contributed by atoms with Gasteiger partial charge in [0.05, 0.1) is 0 Å². The second-order valence-corrected chi connectivity index (χ2v) is 5.80. The first kappa shape index (κ1) is 10.6. The molecule has 0 amide bonds. The Morgan fingerprint density at radius 1 is 1.15 bits per heavy atom. The van der Waals surface area contributed by atoms with E-state index in [0.717, 1.165) is 0 Å². The highest BCUT2D eigenvalue weighted by Crippen LogP contribution is 2.20. The molecule has 0 aliphatic rings. The summed E-state index contributed by atoms with van der Waals surface area (Å²) in [7, 11) is 0.398. The minimum absolute atomic E-state index is 0.398. The van der Waals surface area contributed by atoms with E-state index in [1.54, 1.807) is 0 Å². The Balaban J connectivity index is 2.81. The zero-order chi connectivity index (χ0) is 9.84. The van der Waals surface area contributed by atoms with E-state index in [1.165, 1.54) is 16.9 Å². The fourth-order valence-corrected chi connectivity index (χ4v) is 1.98. The second kappa shape index (κ2) is 4.71. The van der Waals surface area contributed by atoms with Gasteiger partial charge in [-0.15, -0.1) is 0 Å². The molecule has 1 unspecified atom stereocenters. The van der Waals surface area contributed by atoms with Crippen LogP contribution < -0.4 is 0 Å². The molecular weight excluding hydrogens is 176 g/mol. The highest BCUT2D eigenvalue weighted by atomic mass is 32.2. The zero-order valence-corrected chi connectivity index (χ0v) is 9.82. The lowest BCUT2D eigenvalue weighted by Crippen LogP contribution is -1.97. The van der Waals surface area contributed by atoms with Crippen molar-refractivity contribution in [3.8, 4) is 0 Å². The number of benzene rings is 1. The summed E-state index contributed by atoms with van der Waals surface area (Å²) >= 11 is 0. The summed E-state index contributed by atoms with van der Waals surface area (Å²) < 4.78 is 0. The molecule has 0 spiro atoms. The van der Waals surface area contributed by atoms with Gasteiger partial charge in [0.2, 0.25) is 0 Å². The van der Waals surface area contributed by atoms with Crippen LogP contribution in [-0.2, 0) is 10.9 Å². The van der Waals surface area contributed by atoms with Gasteiger partial charge in [0.1, 0.15) is 12.5 Å². The number of hydrogen-bond donors (Lipinski definition) is 0. The number of hydrogen-bond acceptors (Lipinski definition) is 0. The smallest absolute Gasteiger partial charge is 0.0648 e. The molecule has 0 nitrogen and oxygen atoms in total. The Labute approximate surface area is 84.7 Å². The molecular formula is C12H19S+. The molecule has 0 aromatic heterocycles. The first-order valence-electron chi connectivity index (χ1n) is 4.82. The van der Waals surface area contributed by atoms with Crippen LogP contribution in [0.2, 0.25) is 0 Å². The minimum atomic E-state index is 0.398. The molecule has 0 aliphatic heterocycles. The van der Waals surface area contributed by atoms with Crippen LogP contribution in [0, 0.1) is 0 Å². The fraction of sp³-hybridized carbons (Fsp3) is 0.500. The van der Waals surface area contributed by atoms with Gasteiger partial charge in [0, 0.05) is 10.9 Å². The first-order chi connectivity index (χ1) is 6.15. The molecule has 1 heteroatoms. The molecule has 0 saturated carbocycles. The third-order valence-corrected chi connectivity index (χ3v) is 3.75. The Hall–Kier alpha value is -0.430. The maximum Gasteiger partial charge on any atom is 0.154 e. The van der Waals surface area contributed by atoms with Crippen molar-refractivity contribution in [3.63, 3.8) is 0 Å². The highest BCUT2D eigenvalue weighted by Gasteiger charge is 2.08. The highest BCUT2D eigenvalue weighted by molar-refractivity contribution is 7.95. The predicted molar refractivity (Wildman–Crippen MR) is 62.6 cm³/mol. The van der Waals surface area contributed by atoms with Crippen molar-refractivity contribution in [1.29, 1.82) is 0 Å². The molecule has 1 aromatic rings. The Morgan fingerprint density at radius 2 is 1.69 bits per heavy atom. The van der Waals surface area contributed by atoms with Crippen molar-refractivity contribution in [3.05, 3.63) is 29.8 Å². The third kappa shape index (κ3) is 2.77. The van der Waals surface area contributed by atoms with Crippen LogP contribution in [0.25, 0.3) is 0 Å². The number of rotatable bonds is 3. The van der Waals surface area contributed by atoms with Crippen LogP contribution in [0.1, 0.15) is 31.7 Å². The van der Waals surface area contributed by atoms with E-state index in [-0.39, 0.29) is 0 Å². The van der Waals surface area contributed by atoms with Crippen molar-refractivity contribution in [1.82, 2.24) is 0 Å². The average Bonchev–Trinajstić information content (AvgIpc) is 2.17. The Morgan fingerprint density at radius 3 is 2.08 bits per heavy atom. The molecule has 0 bridgehead atoms. The van der Waals surface area contributed by atoms with Gasteiger partial charge in [0.15, 0.2) is 4.90 Å². The van der Waals surface area contributed by atoms with E-state index in [0.29, 0.717) is 16.8 Å². The van der Waals surface area contributed by atoms with Gasteiger partial charge in [-0.05, 0) is 30.0 Å². The average molecular weight is 195 g/mol. The summed E-state index contributed by atoms with van der Waals surface area (Å²) in [5.74, 6) is 0.699. The summed E-state index contributed by atoms with van der Waals surface area (Å²) in [5, 5.41) is 0. The SMILES string of the molecule is CCC(C)c1ccc([S+](C)C)cc1. The van der Waals surface area contributed by atoms with Crippen LogP contribution >= 0.6 is 0 Å². The molecule has 13 heavy (non-hydrogen) atoms. The van der Waals surface area contributed by atoms with Gasteiger partial charge in [-0.3, -0.25) is 0 Å². The maximum absolute atomic E-state index is 2.28. The molecule has 72 valence electrons. The molecule has 0 aliphatic carbocycles. The van der Waals surface area contributed by atoms with E-state index in [2.05, 4.69) is 50.6 Å². The van der Waals surface area contributed by atoms with Crippen molar-refractivity contribution in [2.24, 2.45) is 0 Å². The van der Waals surface area contributed by atoms with E-state index < -0.39 is 0 Å². The molecule has 0 heterocycles. The normalized spacial score (nSPS) is 13.3. The van der Waals surface area contributed by atoms with Gasteiger partial charge < -0.3 is 0 Å². The lowest BCUT2D eigenvalue weighted by atomic mass is 9.99. The van der Waals surface area contributed by atoms with Gasteiger partial charge in [-0.1, -0.05) is 26.0 Å². The first-order valence-corrected chi connectivity index (χ1v) is 6.86. The maximum atomic E-state index is 2.28. The molecule has 1 aromatic carbocycles. The molecule has 1 rings (SSSR count). The van der Waals surface area contributed by atoms with E-state index in [1.807, 2.05) is 0 Å². The summed E-state index contributed by atoms with van der Waals surface area (Å²) in [5.41, 5.74) is 1.47. The van der Waals surface area contributed by atoms with Gasteiger partial charge in [-0.2, -0.15) is 0 Å². The molecule has 0 radical (unpaired) electrons. The van der Waals surface area contributed by atoms with E-state index >= 15 is 0 Å². The molecule has 0 fully saturated rings. The van der Waals surface area contributed by atoms with Crippen molar-refractivity contribution < 1.29 is 0 Å².